The van der Waals surface area contributed by atoms with Gasteiger partial charge in [0.15, 0.2) is 0 Å². The Kier molecular flexibility index (Phi) is 6.56. The molecule has 4 rings (SSSR count). The van der Waals surface area contributed by atoms with Gasteiger partial charge in [0, 0.05) is 23.5 Å². The number of anilines is 3. The number of aryl methyl sites for hydroxylation is 1. The zero-order chi connectivity index (χ0) is 20.6. The zero-order valence-electron chi connectivity index (χ0n) is 17.5. The molecule has 1 aromatic heterocycles. The quantitative estimate of drug-likeness (QED) is 0.642. The molecule has 0 radical (unpaired) electrons. The number of hydrogen-bond donors (Lipinski definition) is 3. The van der Waals surface area contributed by atoms with Crippen LogP contribution in [-0.2, 0) is 10.3 Å². The van der Waals surface area contributed by atoms with Gasteiger partial charge in [0.05, 0.1) is 17.6 Å². The van der Waals surface area contributed by atoms with Crippen molar-refractivity contribution >= 4 is 42.4 Å². The first kappa shape index (κ1) is 22.4. The largest absolute Gasteiger partial charge is 0.492 e. The van der Waals surface area contributed by atoms with Gasteiger partial charge in [-0.1, -0.05) is 18.9 Å². The van der Waals surface area contributed by atoms with Crippen molar-refractivity contribution in [3.05, 3.63) is 35.5 Å². The van der Waals surface area contributed by atoms with Crippen LogP contribution < -0.4 is 16.1 Å². The normalized spacial score (nSPS) is 21.9. The van der Waals surface area contributed by atoms with E-state index >= 15 is 0 Å². The average molecular weight is 428 g/mol. The maximum absolute atomic E-state index is 10.1. The molecule has 1 aliphatic carbocycles. The van der Waals surface area contributed by atoms with E-state index in [1.54, 1.807) is 6.20 Å². The summed E-state index contributed by atoms with van der Waals surface area (Å²) in [6.45, 7) is 5.84. The molecule has 0 bridgehead atoms. The third-order valence-corrected chi connectivity index (χ3v) is 5.86. The fourth-order valence-electron chi connectivity index (χ4n) is 4.19. The number of hydrogen-bond acceptors (Lipinski definition) is 7. The average Bonchev–Trinajstić information content (AvgIpc) is 2.93. The van der Waals surface area contributed by atoms with Crippen LogP contribution in [0.3, 0.4) is 0 Å². The molecule has 7 nitrogen and oxygen atoms in total. The summed E-state index contributed by atoms with van der Waals surface area (Å²) in [4.78, 5) is 9.06. The van der Waals surface area contributed by atoms with Crippen molar-refractivity contribution < 1.29 is 9.68 Å². The summed E-state index contributed by atoms with van der Waals surface area (Å²) < 4.78 is 5.62. The van der Waals surface area contributed by atoms with Crippen LogP contribution in [0.15, 0.2) is 24.4 Å². The Labute approximate surface area is 183 Å². The van der Waals surface area contributed by atoms with Gasteiger partial charge in [-0.25, -0.2) is 4.98 Å². The Morgan fingerprint density at radius 3 is 2.83 bits per heavy atom. The number of nitrogens with one attached hydrogen (secondary N) is 2. The van der Waals surface area contributed by atoms with Crippen molar-refractivity contribution in [1.29, 1.82) is 5.26 Å². The first-order chi connectivity index (χ1) is 13.9. The Bertz CT molecular complexity index is 965. The Morgan fingerprint density at radius 2 is 2.07 bits per heavy atom. The summed E-state index contributed by atoms with van der Waals surface area (Å²) in [5, 5.41) is 26.2. The van der Waals surface area contributed by atoms with Gasteiger partial charge in [-0.2, -0.15) is 10.2 Å². The summed E-state index contributed by atoms with van der Waals surface area (Å²) >= 11 is 0. The highest BCUT2D eigenvalue weighted by molar-refractivity contribution is 6.62. The number of nitrogens with zero attached hydrogens (tertiary/aromatic N) is 3. The van der Waals surface area contributed by atoms with Crippen molar-refractivity contribution in [2.75, 3.05) is 10.6 Å². The Morgan fingerprint density at radius 1 is 1.30 bits per heavy atom. The van der Waals surface area contributed by atoms with Crippen LogP contribution in [0.5, 0.6) is 0 Å². The van der Waals surface area contributed by atoms with Crippen LogP contribution in [-0.4, -0.2) is 28.2 Å². The van der Waals surface area contributed by atoms with E-state index in [1.807, 2.05) is 39.0 Å². The standard InChI is InChI=1S/C21H26BN5O2.ClH/c1-13-12-24-20(27-19(13)26-18-7-5-4-6-14(18)11-23)25-15-8-9-17-16(10-15)21(2,3)29-22(17)28;/h8-10,12,14,18,28H,4-7H2,1-3H3,(H2,24,25,26,27);1H. The lowest BCUT2D eigenvalue weighted by atomic mass is 9.78. The van der Waals surface area contributed by atoms with E-state index in [0.717, 1.165) is 53.8 Å². The highest BCUT2D eigenvalue weighted by Crippen LogP contribution is 2.32. The van der Waals surface area contributed by atoms with E-state index in [0.29, 0.717) is 5.95 Å². The highest BCUT2D eigenvalue weighted by atomic mass is 35.5. The summed E-state index contributed by atoms with van der Waals surface area (Å²) in [6.07, 6.45) is 5.93. The van der Waals surface area contributed by atoms with E-state index in [1.165, 1.54) is 0 Å². The molecule has 1 aromatic carbocycles. The predicted molar refractivity (Wildman–Crippen MR) is 120 cm³/mol. The van der Waals surface area contributed by atoms with E-state index in [2.05, 4.69) is 26.7 Å². The van der Waals surface area contributed by atoms with E-state index < -0.39 is 12.7 Å². The predicted octanol–water partition coefficient (Wildman–Crippen LogP) is 3.40. The minimum atomic E-state index is -0.899. The van der Waals surface area contributed by atoms with Gasteiger partial charge in [-0.15, -0.1) is 12.4 Å². The molecule has 158 valence electrons. The van der Waals surface area contributed by atoms with E-state index in [-0.39, 0.29) is 24.4 Å². The van der Waals surface area contributed by atoms with Crippen molar-refractivity contribution in [2.45, 2.75) is 58.1 Å². The number of rotatable bonds is 4. The van der Waals surface area contributed by atoms with Gasteiger partial charge in [0.1, 0.15) is 5.82 Å². The molecule has 3 N–H and O–H groups in total. The van der Waals surface area contributed by atoms with Crippen molar-refractivity contribution in [3.63, 3.8) is 0 Å². The summed E-state index contributed by atoms with van der Waals surface area (Å²) in [6, 6.07) is 8.27. The minimum Gasteiger partial charge on any atom is -0.423 e. The summed E-state index contributed by atoms with van der Waals surface area (Å²) in [7, 11) is -0.899. The number of nitriles is 1. The molecule has 2 aliphatic rings. The molecule has 2 heterocycles. The van der Waals surface area contributed by atoms with Crippen molar-refractivity contribution in [2.24, 2.45) is 5.92 Å². The maximum atomic E-state index is 10.1. The van der Waals surface area contributed by atoms with E-state index in [9.17, 15) is 10.3 Å². The molecule has 0 amide bonds. The highest BCUT2D eigenvalue weighted by Gasteiger charge is 2.40. The third-order valence-electron chi connectivity index (χ3n) is 5.86. The lowest BCUT2D eigenvalue weighted by Gasteiger charge is -2.28. The third kappa shape index (κ3) is 4.39. The van der Waals surface area contributed by atoms with Gasteiger partial charge >= 0.3 is 7.12 Å². The van der Waals surface area contributed by atoms with Crippen LogP contribution in [0.25, 0.3) is 0 Å². The smallest absolute Gasteiger partial charge is 0.423 e. The number of benzene rings is 1. The molecule has 1 fully saturated rings. The molecular weight excluding hydrogens is 401 g/mol. The molecule has 0 spiro atoms. The molecule has 2 atom stereocenters. The first-order valence-electron chi connectivity index (χ1n) is 10.1. The number of fused-ring (bicyclic) bond motifs is 1. The van der Waals surface area contributed by atoms with Crippen LogP contribution in [0, 0.1) is 24.2 Å². The fourth-order valence-corrected chi connectivity index (χ4v) is 4.19. The molecule has 1 saturated carbocycles. The second-order valence-electron chi connectivity index (χ2n) is 8.40. The molecule has 1 aliphatic heterocycles. The Hall–Kier alpha value is -2.34. The van der Waals surface area contributed by atoms with Crippen molar-refractivity contribution in [1.82, 2.24) is 9.97 Å². The number of halogens is 1. The van der Waals surface area contributed by atoms with Crippen LogP contribution in [0.2, 0.25) is 0 Å². The maximum Gasteiger partial charge on any atom is 0.492 e. The molecule has 0 saturated heterocycles. The van der Waals surface area contributed by atoms with Crippen molar-refractivity contribution in [3.8, 4) is 6.07 Å². The lowest BCUT2D eigenvalue weighted by Crippen LogP contribution is -2.32. The summed E-state index contributed by atoms with van der Waals surface area (Å²) in [5.74, 6) is 1.26. The second-order valence-corrected chi connectivity index (χ2v) is 8.40. The molecule has 2 unspecified atom stereocenters. The van der Waals surface area contributed by atoms with Gasteiger partial charge in [0.2, 0.25) is 5.95 Å². The summed E-state index contributed by atoms with van der Waals surface area (Å²) in [5.41, 5.74) is 2.95. The SMILES string of the molecule is Cc1cnc(Nc2ccc3c(c2)C(C)(C)OB3O)nc1NC1CCCCC1C#N.Cl. The van der Waals surface area contributed by atoms with Crippen LogP contribution in [0.1, 0.15) is 50.7 Å². The monoisotopic (exact) mass is 427 g/mol. The second kappa shape index (κ2) is 8.80. The molecule has 2 aromatic rings. The first-order valence-corrected chi connectivity index (χ1v) is 10.1. The van der Waals surface area contributed by atoms with Gasteiger partial charge in [-0.05, 0) is 56.8 Å². The van der Waals surface area contributed by atoms with E-state index in [4.69, 9.17) is 4.65 Å². The van der Waals surface area contributed by atoms with Crippen LogP contribution >= 0.6 is 12.4 Å². The molecule has 30 heavy (non-hydrogen) atoms. The zero-order valence-corrected chi connectivity index (χ0v) is 18.3. The molecule has 9 heteroatoms. The number of aromatic nitrogens is 2. The Balaban J connectivity index is 0.00000256. The topological polar surface area (TPSA) is 103 Å². The molecular formula is C21H27BClN5O2. The minimum absolute atomic E-state index is 0. The van der Waals surface area contributed by atoms with Gasteiger partial charge in [-0.3, -0.25) is 0 Å². The van der Waals surface area contributed by atoms with Crippen LogP contribution in [0.4, 0.5) is 17.5 Å². The van der Waals surface area contributed by atoms with Gasteiger partial charge < -0.3 is 20.3 Å². The fraction of sp³-hybridized carbons (Fsp3) is 0.476. The lowest BCUT2D eigenvalue weighted by molar-refractivity contribution is 0.101. The van der Waals surface area contributed by atoms with Gasteiger partial charge in [0.25, 0.3) is 0 Å².